The maximum absolute atomic E-state index is 13.0. The van der Waals surface area contributed by atoms with Gasteiger partial charge in [-0.05, 0) is 74.0 Å². The van der Waals surface area contributed by atoms with Gasteiger partial charge < -0.3 is 14.9 Å². The number of phenols is 1. The maximum Gasteiger partial charge on any atom is 0.335 e. The lowest BCUT2D eigenvalue weighted by Crippen LogP contribution is -2.28. The lowest BCUT2D eigenvalue weighted by molar-refractivity contribution is -0.122. The highest BCUT2D eigenvalue weighted by atomic mass is 32.2. The molecule has 7 nitrogen and oxygen atoms in total. The van der Waals surface area contributed by atoms with Gasteiger partial charge in [0.15, 0.2) is 16.7 Å². The molecule has 0 bridgehead atoms. The number of amides is 1. The lowest BCUT2D eigenvalue weighted by Gasteiger charge is -2.12. The first kappa shape index (κ1) is 23.1. The van der Waals surface area contributed by atoms with Crippen molar-refractivity contribution in [3.63, 3.8) is 0 Å². The number of rotatable bonds is 8. The third kappa shape index (κ3) is 5.03. The van der Waals surface area contributed by atoms with E-state index in [-0.39, 0.29) is 17.2 Å². The molecule has 32 heavy (non-hydrogen) atoms. The molecule has 1 saturated heterocycles. The number of carbonyl (C=O) groups is 2. The number of hydrogen-bond acceptors (Lipinski definition) is 6. The third-order valence-electron chi connectivity index (χ3n) is 4.66. The predicted molar refractivity (Wildman–Crippen MR) is 127 cm³/mol. The first-order valence-corrected chi connectivity index (χ1v) is 10.9. The van der Waals surface area contributed by atoms with Crippen molar-refractivity contribution >= 4 is 40.6 Å². The Morgan fingerprint density at radius 1 is 1.28 bits per heavy atom. The zero-order chi connectivity index (χ0) is 23.3. The fourth-order valence-corrected chi connectivity index (χ4v) is 4.25. The molecule has 3 rings (SSSR count). The number of carboxylic acid groups (broad SMARTS) is 1. The number of hydrogen-bond donors (Lipinski definition) is 2. The number of benzene rings is 2. The number of ether oxygens (including phenoxy) is 1. The molecule has 1 aliphatic rings. The average molecular weight is 453 g/mol. The molecule has 1 fully saturated rings. The van der Waals surface area contributed by atoms with Crippen LogP contribution >= 0.6 is 11.8 Å². The van der Waals surface area contributed by atoms with Crippen molar-refractivity contribution in [1.29, 1.82) is 0 Å². The molecule has 1 aliphatic heterocycles. The number of phenolic OH excluding ortho intramolecular Hbond substituents is 1. The van der Waals surface area contributed by atoms with Crippen molar-refractivity contribution in [3.05, 3.63) is 70.6 Å². The molecule has 0 spiro atoms. The Labute approximate surface area is 190 Å². The molecule has 0 radical (unpaired) electrons. The summed E-state index contributed by atoms with van der Waals surface area (Å²) in [6.07, 6.45) is 3.88. The van der Waals surface area contributed by atoms with Crippen LogP contribution in [-0.4, -0.2) is 45.3 Å². The molecule has 2 aromatic carbocycles. The van der Waals surface area contributed by atoms with Gasteiger partial charge in [0.25, 0.3) is 5.91 Å². The van der Waals surface area contributed by atoms with Crippen LogP contribution in [0.1, 0.15) is 35.3 Å². The third-order valence-corrected chi connectivity index (χ3v) is 5.67. The van der Waals surface area contributed by atoms with Crippen LogP contribution in [0.5, 0.6) is 11.5 Å². The SMILES string of the molecule is C=CCc1cc(/C=C2/SC(=Nc3cccc(C(=O)O)c3)N(CC)C2=O)cc(OCC)c1O. The summed E-state index contributed by atoms with van der Waals surface area (Å²) in [4.78, 5) is 30.7. The molecular formula is C24H24N2O5S. The highest BCUT2D eigenvalue weighted by Gasteiger charge is 2.32. The van der Waals surface area contributed by atoms with Crippen molar-refractivity contribution in [1.82, 2.24) is 4.90 Å². The van der Waals surface area contributed by atoms with Gasteiger partial charge in [-0.25, -0.2) is 9.79 Å². The van der Waals surface area contributed by atoms with Gasteiger partial charge in [-0.15, -0.1) is 6.58 Å². The summed E-state index contributed by atoms with van der Waals surface area (Å²) in [5.41, 5.74) is 1.95. The van der Waals surface area contributed by atoms with Crippen molar-refractivity contribution in [3.8, 4) is 11.5 Å². The van der Waals surface area contributed by atoms with Gasteiger partial charge in [0.1, 0.15) is 0 Å². The zero-order valence-corrected chi connectivity index (χ0v) is 18.7. The lowest BCUT2D eigenvalue weighted by atomic mass is 10.1. The Morgan fingerprint density at radius 3 is 2.72 bits per heavy atom. The minimum atomic E-state index is -1.04. The number of carbonyl (C=O) groups excluding carboxylic acids is 1. The number of aliphatic imine (C=N–C) groups is 1. The quantitative estimate of drug-likeness (QED) is 0.439. The number of thioether (sulfide) groups is 1. The summed E-state index contributed by atoms with van der Waals surface area (Å²) in [6.45, 7) is 8.21. The molecule has 0 aliphatic carbocycles. The molecule has 2 aromatic rings. The van der Waals surface area contributed by atoms with E-state index in [1.54, 1.807) is 41.3 Å². The van der Waals surface area contributed by atoms with Gasteiger partial charge >= 0.3 is 5.97 Å². The van der Waals surface area contributed by atoms with E-state index in [2.05, 4.69) is 11.6 Å². The van der Waals surface area contributed by atoms with E-state index < -0.39 is 5.97 Å². The van der Waals surface area contributed by atoms with Crippen molar-refractivity contribution in [2.24, 2.45) is 4.99 Å². The summed E-state index contributed by atoms with van der Waals surface area (Å²) < 4.78 is 5.54. The number of allylic oxidation sites excluding steroid dienone is 1. The van der Waals surface area contributed by atoms with Gasteiger partial charge in [0.2, 0.25) is 0 Å². The first-order valence-electron chi connectivity index (χ1n) is 10.1. The van der Waals surface area contributed by atoms with Gasteiger partial charge in [-0.3, -0.25) is 9.69 Å². The van der Waals surface area contributed by atoms with E-state index in [4.69, 9.17) is 4.74 Å². The van der Waals surface area contributed by atoms with Gasteiger partial charge in [-0.2, -0.15) is 0 Å². The van der Waals surface area contributed by atoms with Crippen LogP contribution < -0.4 is 4.74 Å². The Morgan fingerprint density at radius 2 is 2.06 bits per heavy atom. The number of nitrogens with zero attached hydrogens (tertiary/aromatic N) is 2. The smallest absolute Gasteiger partial charge is 0.335 e. The van der Waals surface area contributed by atoms with E-state index in [1.807, 2.05) is 13.8 Å². The van der Waals surface area contributed by atoms with Crippen molar-refractivity contribution < 1.29 is 24.5 Å². The van der Waals surface area contributed by atoms with Crippen LogP contribution in [0.4, 0.5) is 5.69 Å². The summed E-state index contributed by atoms with van der Waals surface area (Å²) in [6, 6.07) is 9.74. The van der Waals surface area contributed by atoms with Gasteiger partial charge in [0, 0.05) is 12.1 Å². The number of carboxylic acids is 1. The Balaban J connectivity index is 1.99. The Hall–Kier alpha value is -3.52. The summed E-state index contributed by atoms with van der Waals surface area (Å²) >= 11 is 1.21. The summed E-state index contributed by atoms with van der Waals surface area (Å²) in [5, 5.41) is 20.1. The van der Waals surface area contributed by atoms with Crippen molar-refractivity contribution in [2.75, 3.05) is 13.2 Å². The highest BCUT2D eigenvalue weighted by Crippen LogP contribution is 2.37. The molecule has 8 heteroatoms. The van der Waals surface area contributed by atoms with E-state index in [1.165, 1.54) is 23.9 Å². The summed E-state index contributed by atoms with van der Waals surface area (Å²) in [5.74, 6) is -0.819. The predicted octanol–water partition coefficient (Wildman–Crippen LogP) is 4.84. The van der Waals surface area contributed by atoms with Crippen LogP contribution in [0.3, 0.4) is 0 Å². The van der Waals surface area contributed by atoms with E-state index in [9.17, 15) is 19.8 Å². The second-order valence-corrected chi connectivity index (χ2v) is 7.87. The Bertz CT molecular complexity index is 1120. The molecule has 0 saturated carbocycles. The fraction of sp³-hybridized carbons (Fsp3) is 0.208. The largest absolute Gasteiger partial charge is 0.504 e. The van der Waals surface area contributed by atoms with Gasteiger partial charge in [-0.1, -0.05) is 12.1 Å². The minimum Gasteiger partial charge on any atom is -0.504 e. The molecule has 0 atom stereocenters. The highest BCUT2D eigenvalue weighted by molar-refractivity contribution is 8.18. The van der Waals surface area contributed by atoms with E-state index >= 15 is 0 Å². The van der Waals surface area contributed by atoms with Crippen molar-refractivity contribution in [2.45, 2.75) is 20.3 Å². The molecular weight excluding hydrogens is 428 g/mol. The second kappa shape index (κ2) is 10.2. The monoisotopic (exact) mass is 452 g/mol. The topological polar surface area (TPSA) is 99.4 Å². The number of aromatic carboxylic acids is 1. The molecule has 0 unspecified atom stereocenters. The van der Waals surface area contributed by atoms with Crippen LogP contribution in [0.25, 0.3) is 6.08 Å². The molecule has 1 heterocycles. The first-order chi connectivity index (χ1) is 15.4. The van der Waals surface area contributed by atoms with Crippen LogP contribution in [0, 0.1) is 0 Å². The molecule has 0 aromatic heterocycles. The summed E-state index contributed by atoms with van der Waals surface area (Å²) in [7, 11) is 0. The fourth-order valence-electron chi connectivity index (χ4n) is 3.19. The number of amidine groups is 1. The van der Waals surface area contributed by atoms with E-state index in [0.29, 0.717) is 52.2 Å². The molecule has 1 amide bonds. The normalized spacial score (nSPS) is 16.1. The molecule has 2 N–H and O–H groups in total. The minimum absolute atomic E-state index is 0.0649. The van der Waals surface area contributed by atoms with E-state index in [0.717, 1.165) is 0 Å². The molecule has 166 valence electrons. The van der Waals surface area contributed by atoms with Crippen LogP contribution in [-0.2, 0) is 11.2 Å². The zero-order valence-electron chi connectivity index (χ0n) is 17.9. The average Bonchev–Trinajstić information content (AvgIpc) is 3.05. The number of aromatic hydroxyl groups is 1. The maximum atomic E-state index is 13.0. The Kier molecular flexibility index (Phi) is 7.37. The van der Waals surface area contributed by atoms with Crippen LogP contribution in [0.2, 0.25) is 0 Å². The second-order valence-electron chi connectivity index (χ2n) is 6.86. The standard InChI is InChI=1S/C24H24N2O5S/c1-4-8-16-11-15(12-19(21(16)27)31-6-3)13-20-22(28)26(5-2)24(32-20)25-18-10-7-9-17(14-18)23(29)30/h4,7,9-14,27H,1,5-6,8H2,2-3H3,(H,29,30)/b20-13+,25-24?. The number of likely N-dealkylation sites (N-methyl/N-ethyl adjacent to an activating group) is 1. The van der Waals surface area contributed by atoms with Gasteiger partial charge in [0.05, 0.1) is 22.8 Å². The van der Waals surface area contributed by atoms with Crippen LogP contribution in [0.15, 0.2) is 59.0 Å².